The van der Waals surface area contributed by atoms with Crippen molar-refractivity contribution in [2.24, 2.45) is 15.2 Å². The standard InChI is InChI=1S/C15H14.C4H7N3.3C2H6/c1-10-8-12-4-3-5-14-11(2)6-7-13(9-10)15(12)14;1-3-5-4(2)7-6-3;3*1-2/h3-9,11H,1-2H3;3H,1-2H3;3*1-2H3. The van der Waals surface area contributed by atoms with Gasteiger partial charge in [-0.2, -0.15) is 5.11 Å². The van der Waals surface area contributed by atoms with Crippen molar-refractivity contribution in [1.82, 2.24) is 0 Å². The van der Waals surface area contributed by atoms with E-state index < -0.39 is 0 Å². The largest absolute Gasteiger partial charge is 0.240 e. The molecule has 2 aromatic carbocycles. The van der Waals surface area contributed by atoms with Crippen molar-refractivity contribution in [3.8, 4) is 0 Å². The Bertz CT molecular complexity index is 801. The molecule has 0 spiro atoms. The van der Waals surface area contributed by atoms with Gasteiger partial charge in [-0.05, 0) is 54.2 Å². The molecule has 3 heteroatoms. The summed E-state index contributed by atoms with van der Waals surface area (Å²) >= 11 is 0. The minimum atomic E-state index is 0.0694. The van der Waals surface area contributed by atoms with Gasteiger partial charge < -0.3 is 0 Å². The Morgan fingerprint density at radius 1 is 0.857 bits per heavy atom. The lowest BCUT2D eigenvalue weighted by molar-refractivity contribution is 0.788. The number of hydrogen-bond donors (Lipinski definition) is 0. The van der Waals surface area contributed by atoms with Crippen LogP contribution in [0, 0.1) is 6.92 Å². The Kier molecular flexibility index (Phi) is 12.7. The SMILES string of the molecule is CC.CC.CC.CC1=NC(C)N=N1.Cc1cc2c3c(cccc3c1)C(C)C=C2. The highest BCUT2D eigenvalue weighted by atomic mass is 15.3. The zero-order valence-electron chi connectivity index (χ0n) is 19.5. The molecule has 154 valence electrons. The second-order valence-corrected chi connectivity index (χ2v) is 5.97. The lowest BCUT2D eigenvalue weighted by Gasteiger charge is -2.18. The van der Waals surface area contributed by atoms with Crippen LogP contribution in [0.3, 0.4) is 0 Å². The summed E-state index contributed by atoms with van der Waals surface area (Å²) in [5, 5.41) is 10.2. The molecule has 1 aliphatic carbocycles. The third kappa shape index (κ3) is 7.03. The molecule has 1 aliphatic heterocycles. The van der Waals surface area contributed by atoms with Crippen LogP contribution in [0.25, 0.3) is 16.8 Å². The van der Waals surface area contributed by atoms with E-state index in [4.69, 9.17) is 0 Å². The van der Waals surface area contributed by atoms with Gasteiger partial charge in [0.2, 0.25) is 0 Å². The fraction of sp³-hybridized carbons (Fsp3) is 0.480. The summed E-state index contributed by atoms with van der Waals surface area (Å²) in [5.74, 6) is 1.33. The van der Waals surface area contributed by atoms with Gasteiger partial charge in [0.25, 0.3) is 0 Å². The molecular formula is C25H39N3. The fourth-order valence-corrected chi connectivity index (χ4v) is 3.00. The molecule has 0 bridgehead atoms. The van der Waals surface area contributed by atoms with Gasteiger partial charge in [0.15, 0.2) is 6.17 Å². The van der Waals surface area contributed by atoms with Crippen LogP contribution in [0.2, 0.25) is 0 Å². The lowest BCUT2D eigenvalue weighted by Crippen LogP contribution is -1.97. The number of benzene rings is 2. The average Bonchev–Trinajstić information content (AvgIpc) is 3.12. The predicted molar refractivity (Wildman–Crippen MR) is 128 cm³/mol. The van der Waals surface area contributed by atoms with Crippen LogP contribution in [-0.2, 0) is 0 Å². The van der Waals surface area contributed by atoms with Crippen LogP contribution in [0.5, 0.6) is 0 Å². The van der Waals surface area contributed by atoms with E-state index in [-0.39, 0.29) is 6.17 Å². The third-order valence-electron chi connectivity index (χ3n) is 3.98. The first kappa shape index (κ1) is 25.7. The third-order valence-corrected chi connectivity index (χ3v) is 3.98. The number of nitrogens with zero attached hydrogens (tertiary/aromatic N) is 3. The average molecular weight is 382 g/mol. The first-order chi connectivity index (χ1) is 13.5. The van der Waals surface area contributed by atoms with Gasteiger partial charge >= 0.3 is 0 Å². The molecule has 0 N–H and O–H groups in total. The molecule has 3 nitrogen and oxygen atoms in total. The first-order valence-corrected chi connectivity index (χ1v) is 10.7. The van der Waals surface area contributed by atoms with E-state index in [0.29, 0.717) is 5.92 Å². The maximum atomic E-state index is 3.97. The van der Waals surface area contributed by atoms with Crippen molar-refractivity contribution in [2.45, 2.75) is 81.3 Å². The Labute approximate surface area is 172 Å². The van der Waals surface area contributed by atoms with Crippen LogP contribution in [-0.4, -0.2) is 12.0 Å². The van der Waals surface area contributed by atoms with Crippen LogP contribution in [0.4, 0.5) is 0 Å². The molecule has 0 aromatic heterocycles. The topological polar surface area (TPSA) is 37.1 Å². The maximum absolute atomic E-state index is 3.97. The van der Waals surface area contributed by atoms with Gasteiger partial charge in [0, 0.05) is 0 Å². The van der Waals surface area contributed by atoms with Crippen LogP contribution in [0.1, 0.15) is 84.9 Å². The zero-order chi connectivity index (χ0) is 21.7. The van der Waals surface area contributed by atoms with Crippen molar-refractivity contribution >= 4 is 22.7 Å². The van der Waals surface area contributed by atoms with Crippen LogP contribution in [0.15, 0.2) is 51.6 Å². The van der Waals surface area contributed by atoms with E-state index in [1.54, 1.807) is 0 Å². The number of azo groups is 1. The quantitative estimate of drug-likeness (QED) is 0.438. The van der Waals surface area contributed by atoms with E-state index in [9.17, 15) is 0 Å². The van der Waals surface area contributed by atoms with Gasteiger partial charge in [0.1, 0.15) is 5.84 Å². The van der Waals surface area contributed by atoms with Crippen LogP contribution < -0.4 is 0 Å². The number of aliphatic imine (C=N–C) groups is 1. The van der Waals surface area contributed by atoms with Gasteiger partial charge in [-0.3, -0.25) is 0 Å². The molecule has 2 aromatic rings. The normalized spacial score (nSPS) is 17.6. The van der Waals surface area contributed by atoms with E-state index in [0.717, 1.165) is 5.84 Å². The summed E-state index contributed by atoms with van der Waals surface area (Å²) in [6.45, 7) is 20.2. The van der Waals surface area contributed by atoms with E-state index in [1.165, 1.54) is 27.5 Å². The molecule has 2 atom stereocenters. The number of aryl methyl sites for hydroxylation is 1. The minimum absolute atomic E-state index is 0.0694. The van der Waals surface area contributed by atoms with Crippen molar-refractivity contribution in [2.75, 3.05) is 0 Å². The molecule has 2 unspecified atom stereocenters. The second kappa shape index (κ2) is 13.8. The molecule has 0 fully saturated rings. The second-order valence-electron chi connectivity index (χ2n) is 5.97. The number of hydrogen-bond acceptors (Lipinski definition) is 3. The zero-order valence-corrected chi connectivity index (χ0v) is 19.5. The molecule has 4 rings (SSSR count). The van der Waals surface area contributed by atoms with Gasteiger partial charge in [-0.1, -0.05) is 91.0 Å². The van der Waals surface area contributed by atoms with Crippen molar-refractivity contribution in [3.63, 3.8) is 0 Å². The minimum Gasteiger partial charge on any atom is -0.240 e. The number of amidine groups is 1. The van der Waals surface area contributed by atoms with Gasteiger partial charge in [-0.15, -0.1) is 5.11 Å². The molecule has 28 heavy (non-hydrogen) atoms. The molecular weight excluding hydrogens is 342 g/mol. The summed E-state index contributed by atoms with van der Waals surface area (Å²) in [7, 11) is 0. The molecule has 0 saturated carbocycles. The van der Waals surface area contributed by atoms with E-state index >= 15 is 0 Å². The molecule has 0 amide bonds. The highest BCUT2D eigenvalue weighted by molar-refractivity contribution is 5.96. The Morgan fingerprint density at radius 2 is 1.50 bits per heavy atom. The maximum Gasteiger partial charge on any atom is 0.160 e. The highest BCUT2D eigenvalue weighted by Crippen LogP contribution is 2.34. The van der Waals surface area contributed by atoms with Crippen LogP contribution >= 0.6 is 0 Å². The van der Waals surface area contributed by atoms with Crippen molar-refractivity contribution < 1.29 is 0 Å². The van der Waals surface area contributed by atoms with Gasteiger partial charge in [-0.25, -0.2) is 4.99 Å². The Hall–Kier alpha value is -2.29. The molecule has 0 radical (unpaired) electrons. The summed E-state index contributed by atoms with van der Waals surface area (Å²) in [4.78, 5) is 3.97. The van der Waals surface area contributed by atoms with E-state index in [1.807, 2.05) is 55.4 Å². The number of rotatable bonds is 0. The summed E-state index contributed by atoms with van der Waals surface area (Å²) in [6, 6.07) is 11.2. The van der Waals surface area contributed by atoms with Crippen molar-refractivity contribution in [3.05, 3.63) is 53.1 Å². The number of allylic oxidation sites excluding steroid dienone is 1. The molecule has 0 saturated heterocycles. The first-order valence-electron chi connectivity index (χ1n) is 10.7. The molecule has 2 aliphatic rings. The lowest BCUT2D eigenvalue weighted by atomic mass is 9.86. The van der Waals surface area contributed by atoms with Crippen molar-refractivity contribution in [1.29, 1.82) is 0 Å². The Balaban J connectivity index is 0.000000474. The van der Waals surface area contributed by atoms with Gasteiger partial charge in [0.05, 0.1) is 0 Å². The Morgan fingerprint density at radius 3 is 2.00 bits per heavy atom. The molecule has 1 heterocycles. The smallest absolute Gasteiger partial charge is 0.160 e. The summed E-state index contributed by atoms with van der Waals surface area (Å²) in [6.07, 6.45) is 4.61. The fourth-order valence-electron chi connectivity index (χ4n) is 3.00. The van der Waals surface area contributed by atoms with E-state index in [2.05, 4.69) is 71.6 Å². The monoisotopic (exact) mass is 381 g/mol. The summed E-state index contributed by atoms with van der Waals surface area (Å²) in [5.41, 5.74) is 4.18. The summed E-state index contributed by atoms with van der Waals surface area (Å²) < 4.78 is 0. The predicted octanol–water partition coefficient (Wildman–Crippen LogP) is 8.57. The highest BCUT2D eigenvalue weighted by Gasteiger charge is 2.13.